The van der Waals surface area contributed by atoms with Crippen LogP contribution in [0.5, 0.6) is 0 Å². The van der Waals surface area contributed by atoms with Gasteiger partial charge in [-0.2, -0.15) is 5.10 Å². The average molecular weight is 415 g/mol. The van der Waals surface area contributed by atoms with Crippen LogP contribution in [-0.4, -0.2) is 58.6 Å². The summed E-state index contributed by atoms with van der Waals surface area (Å²) in [4.78, 5) is 18.0. The van der Waals surface area contributed by atoms with E-state index in [0.717, 1.165) is 50.3 Å². The topological polar surface area (TPSA) is 52.2 Å². The number of rotatable bonds is 5. The standard InChI is InChI=1S/C26H30N4O/c31-25(23-18-27-28-24(23)22-10-5-2-6-11-22)30-17-14-26(20-30)13-7-15-29(19-26)16-12-21-8-3-1-4-9-21/h1-6,8-11,18H,7,12-17,19-20H2,(H,27,28)/t26-/m1/s1. The highest BCUT2D eigenvalue weighted by molar-refractivity contribution is 5.99. The molecule has 2 aliphatic heterocycles. The molecule has 5 nitrogen and oxygen atoms in total. The van der Waals surface area contributed by atoms with Crippen molar-refractivity contribution in [2.24, 2.45) is 5.41 Å². The lowest BCUT2D eigenvalue weighted by atomic mass is 9.79. The maximum absolute atomic E-state index is 13.4. The van der Waals surface area contributed by atoms with Gasteiger partial charge in [-0.05, 0) is 37.8 Å². The van der Waals surface area contributed by atoms with Crippen LogP contribution in [-0.2, 0) is 6.42 Å². The van der Waals surface area contributed by atoms with Crippen LogP contribution in [0.15, 0.2) is 66.9 Å². The molecule has 0 aliphatic carbocycles. The molecule has 2 saturated heterocycles. The summed E-state index contributed by atoms with van der Waals surface area (Å²) in [6.45, 7) is 5.06. The number of amides is 1. The van der Waals surface area contributed by atoms with Crippen molar-refractivity contribution in [2.45, 2.75) is 25.7 Å². The van der Waals surface area contributed by atoms with E-state index in [9.17, 15) is 4.79 Å². The van der Waals surface area contributed by atoms with Crippen LogP contribution in [0.4, 0.5) is 0 Å². The lowest BCUT2D eigenvalue weighted by Crippen LogP contribution is -2.46. The highest BCUT2D eigenvalue weighted by Crippen LogP contribution is 2.40. The molecule has 5 rings (SSSR count). The van der Waals surface area contributed by atoms with Crippen LogP contribution in [0.1, 0.15) is 35.2 Å². The number of carbonyl (C=O) groups is 1. The van der Waals surface area contributed by atoms with Crippen LogP contribution in [0, 0.1) is 5.41 Å². The third kappa shape index (κ3) is 4.28. The minimum absolute atomic E-state index is 0.103. The first-order chi connectivity index (χ1) is 15.2. The Kier molecular flexibility index (Phi) is 5.60. The van der Waals surface area contributed by atoms with Gasteiger partial charge in [0.25, 0.3) is 5.91 Å². The van der Waals surface area contributed by atoms with Gasteiger partial charge >= 0.3 is 0 Å². The highest BCUT2D eigenvalue weighted by atomic mass is 16.2. The Bertz CT molecular complexity index is 1020. The molecule has 1 amide bonds. The van der Waals surface area contributed by atoms with E-state index in [2.05, 4.69) is 50.3 Å². The quantitative estimate of drug-likeness (QED) is 0.679. The summed E-state index contributed by atoms with van der Waals surface area (Å²) in [6.07, 6.45) is 6.31. The van der Waals surface area contributed by atoms with Crippen LogP contribution in [0.2, 0.25) is 0 Å². The van der Waals surface area contributed by atoms with Crippen LogP contribution >= 0.6 is 0 Å². The number of H-pyrrole nitrogens is 1. The van der Waals surface area contributed by atoms with E-state index in [4.69, 9.17) is 0 Å². The van der Waals surface area contributed by atoms with Crippen molar-refractivity contribution < 1.29 is 4.79 Å². The summed E-state index contributed by atoms with van der Waals surface area (Å²) in [5.74, 6) is 0.103. The monoisotopic (exact) mass is 414 g/mol. The molecule has 0 unspecified atom stereocenters. The third-order valence-electron chi connectivity index (χ3n) is 6.96. The molecule has 3 aromatic rings. The molecule has 5 heteroatoms. The number of likely N-dealkylation sites (tertiary alicyclic amines) is 2. The Hall–Kier alpha value is -2.92. The van der Waals surface area contributed by atoms with Gasteiger partial charge in [-0.25, -0.2) is 0 Å². The van der Waals surface area contributed by atoms with Crippen LogP contribution in [0.3, 0.4) is 0 Å². The Balaban J connectivity index is 1.24. The zero-order valence-corrected chi connectivity index (χ0v) is 18.0. The number of nitrogens with one attached hydrogen (secondary N) is 1. The summed E-state index contributed by atoms with van der Waals surface area (Å²) in [6, 6.07) is 20.7. The minimum Gasteiger partial charge on any atom is -0.338 e. The maximum Gasteiger partial charge on any atom is 0.257 e. The first-order valence-electron chi connectivity index (χ1n) is 11.4. The number of hydrogen-bond donors (Lipinski definition) is 1. The summed E-state index contributed by atoms with van der Waals surface area (Å²) >= 11 is 0. The van der Waals surface area contributed by atoms with Crippen molar-refractivity contribution in [1.82, 2.24) is 20.0 Å². The lowest BCUT2D eigenvalue weighted by molar-refractivity contribution is 0.0693. The normalized spacial score (nSPS) is 21.6. The Morgan fingerprint density at radius 1 is 0.968 bits per heavy atom. The Labute approximate surface area is 184 Å². The van der Waals surface area contributed by atoms with Gasteiger partial charge in [-0.3, -0.25) is 9.89 Å². The second kappa shape index (κ2) is 8.67. The molecule has 2 fully saturated rings. The van der Waals surface area contributed by atoms with Gasteiger partial charge in [-0.1, -0.05) is 60.7 Å². The molecule has 0 bridgehead atoms. The molecule has 0 saturated carbocycles. The van der Waals surface area contributed by atoms with Gasteiger partial charge in [0, 0.05) is 37.2 Å². The fourth-order valence-electron chi connectivity index (χ4n) is 5.32. The molecule has 2 aliphatic rings. The highest BCUT2D eigenvalue weighted by Gasteiger charge is 2.43. The van der Waals surface area contributed by atoms with Crippen molar-refractivity contribution in [3.63, 3.8) is 0 Å². The molecule has 160 valence electrons. The van der Waals surface area contributed by atoms with E-state index in [-0.39, 0.29) is 11.3 Å². The van der Waals surface area contributed by atoms with Crippen molar-refractivity contribution in [3.8, 4) is 11.3 Å². The number of nitrogens with zero attached hydrogens (tertiary/aromatic N) is 3. The number of carbonyl (C=O) groups excluding carboxylic acids is 1. The van der Waals surface area contributed by atoms with Gasteiger partial charge in [0.15, 0.2) is 0 Å². The molecule has 1 spiro atoms. The summed E-state index contributed by atoms with van der Waals surface area (Å²) < 4.78 is 0. The first-order valence-corrected chi connectivity index (χ1v) is 11.4. The van der Waals surface area contributed by atoms with Crippen LogP contribution in [0.25, 0.3) is 11.3 Å². The molecule has 2 aromatic carbocycles. The van der Waals surface area contributed by atoms with E-state index in [1.165, 1.54) is 24.9 Å². The van der Waals surface area contributed by atoms with Crippen molar-refractivity contribution in [1.29, 1.82) is 0 Å². The first kappa shape index (κ1) is 20.0. The van der Waals surface area contributed by atoms with Crippen molar-refractivity contribution in [3.05, 3.63) is 78.0 Å². The number of hydrogen-bond acceptors (Lipinski definition) is 3. The minimum atomic E-state index is 0.103. The van der Waals surface area contributed by atoms with Crippen molar-refractivity contribution >= 4 is 5.91 Å². The zero-order valence-electron chi connectivity index (χ0n) is 18.0. The predicted molar refractivity (Wildman–Crippen MR) is 123 cm³/mol. The van der Waals surface area contributed by atoms with Crippen LogP contribution < -0.4 is 0 Å². The summed E-state index contributed by atoms with van der Waals surface area (Å²) in [7, 11) is 0. The average Bonchev–Trinajstić information content (AvgIpc) is 3.47. The second-order valence-corrected chi connectivity index (χ2v) is 9.12. The SMILES string of the molecule is O=C(c1cn[nH]c1-c1ccccc1)N1CC[C@@]2(CCCN(CCc3ccccc3)C2)C1. The smallest absolute Gasteiger partial charge is 0.257 e. The van der Waals surface area contributed by atoms with E-state index < -0.39 is 0 Å². The van der Waals surface area contributed by atoms with E-state index in [1.54, 1.807) is 6.20 Å². The second-order valence-electron chi connectivity index (χ2n) is 9.12. The number of aromatic nitrogens is 2. The van der Waals surface area contributed by atoms with Gasteiger partial charge in [0.05, 0.1) is 17.5 Å². The summed E-state index contributed by atoms with van der Waals surface area (Å²) in [5.41, 5.74) is 4.14. The van der Waals surface area contributed by atoms with E-state index >= 15 is 0 Å². The van der Waals surface area contributed by atoms with E-state index in [0.29, 0.717) is 5.56 Å². The molecule has 1 N–H and O–H groups in total. The van der Waals surface area contributed by atoms with Gasteiger partial charge < -0.3 is 9.80 Å². The van der Waals surface area contributed by atoms with Gasteiger partial charge in [0.2, 0.25) is 0 Å². The predicted octanol–water partition coefficient (Wildman–Crippen LogP) is 4.25. The van der Waals surface area contributed by atoms with Crippen molar-refractivity contribution in [2.75, 3.05) is 32.7 Å². The van der Waals surface area contributed by atoms with Gasteiger partial charge in [0.1, 0.15) is 0 Å². The molecule has 1 aromatic heterocycles. The molecule has 31 heavy (non-hydrogen) atoms. The zero-order chi connectivity index (χ0) is 21.1. The molecule has 0 radical (unpaired) electrons. The number of benzene rings is 2. The maximum atomic E-state index is 13.4. The largest absolute Gasteiger partial charge is 0.338 e. The fourth-order valence-corrected chi connectivity index (χ4v) is 5.32. The molecule has 1 atom stereocenters. The van der Waals surface area contributed by atoms with Gasteiger partial charge in [-0.15, -0.1) is 0 Å². The summed E-state index contributed by atoms with van der Waals surface area (Å²) in [5, 5.41) is 7.21. The molecule has 3 heterocycles. The number of aromatic amines is 1. The lowest BCUT2D eigenvalue weighted by Gasteiger charge is -2.40. The fraction of sp³-hybridized carbons (Fsp3) is 0.385. The third-order valence-corrected chi connectivity index (χ3v) is 6.96. The number of piperidine rings is 1. The Morgan fingerprint density at radius 2 is 1.74 bits per heavy atom. The van der Waals surface area contributed by atoms with E-state index in [1.807, 2.05) is 30.3 Å². The molecular formula is C26H30N4O. The Morgan fingerprint density at radius 3 is 2.55 bits per heavy atom. The molecular weight excluding hydrogens is 384 g/mol.